The summed E-state index contributed by atoms with van der Waals surface area (Å²) in [5.74, 6) is 0. The summed E-state index contributed by atoms with van der Waals surface area (Å²) in [5, 5.41) is -0.437. The molecule has 0 fully saturated rings. The van der Waals surface area contributed by atoms with Gasteiger partial charge in [-0.05, 0) is 54.9 Å². The molecule has 0 bridgehead atoms. The standard InChI is InChI=1S/C16H14BrClF3NO2/c1-15(2,3)24-14(23)22-8-10(17)7-13(22)9-4-5-11(12(18)6-9)16(19,20)21/h4-8H,1-3H3. The Morgan fingerprint density at radius 1 is 1.21 bits per heavy atom. The normalized spacial score (nSPS) is 12.3. The molecule has 0 amide bonds. The summed E-state index contributed by atoms with van der Waals surface area (Å²) >= 11 is 9.00. The van der Waals surface area contributed by atoms with Gasteiger partial charge in [0, 0.05) is 16.2 Å². The Hall–Kier alpha value is -1.47. The van der Waals surface area contributed by atoms with Crippen molar-refractivity contribution in [3.05, 3.63) is 45.5 Å². The summed E-state index contributed by atoms with van der Waals surface area (Å²) in [6.07, 6.45) is -3.70. The average Bonchev–Trinajstić information content (AvgIpc) is 2.77. The van der Waals surface area contributed by atoms with Crippen LogP contribution in [0.2, 0.25) is 5.02 Å². The maximum absolute atomic E-state index is 12.8. The van der Waals surface area contributed by atoms with Crippen molar-refractivity contribution < 1.29 is 22.7 Å². The molecular formula is C16H14BrClF3NO2. The number of hydrogen-bond donors (Lipinski definition) is 0. The van der Waals surface area contributed by atoms with Gasteiger partial charge in [0.15, 0.2) is 0 Å². The fraction of sp³-hybridized carbons (Fsp3) is 0.312. The molecule has 0 saturated carbocycles. The summed E-state index contributed by atoms with van der Waals surface area (Å²) in [6.45, 7) is 5.16. The number of rotatable bonds is 1. The second kappa shape index (κ2) is 6.44. The summed E-state index contributed by atoms with van der Waals surface area (Å²) in [5.41, 5.74) is -0.901. The largest absolute Gasteiger partial charge is 0.443 e. The minimum atomic E-state index is -4.54. The lowest BCUT2D eigenvalue weighted by atomic mass is 10.1. The topological polar surface area (TPSA) is 31.2 Å². The van der Waals surface area contributed by atoms with Crippen LogP contribution in [0.4, 0.5) is 18.0 Å². The average molecular weight is 425 g/mol. The van der Waals surface area contributed by atoms with Crippen molar-refractivity contribution in [1.29, 1.82) is 0 Å². The highest BCUT2D eigenvalue weighted by Gasteiger charge is 2.33. The van der Waals surface area contributed by atoms with E-state index in [-0.39, 0.29) is 0 Å². The van der Waals surface area contributed by atoms with Gasteiger partial charge in [0.05, 0.1) is 16.3 Å². The van der Waals surface area contributed by atoms with Gasteiger partial charge in [-0.3, -0.25) is 4.57 Å². The Morgan fingerprint density at radius 3 is 2.33 bits per heavy atom. The van der Waals surface area contributed by atoms with Crippen LogP contribution in [-0.4, -0.2) is 16.3 Å². The Kier molecular flexibility index (Phi) is 5.06. The SMILES string of the molecule is CC(C)(C)OC(=O)n1cc(Br)cc1-c1ccc(C(F)(F)F)c(Cl)c1. The maximum Gasteiger partial charge on any atom is 0.419 e. The zero-order valence-corrected chi connectivity index (χ0v) is 15.4. The molecule has 0 saturated heterocycles. The van der Waals surface area contributed by atoms with E-state index in [0.717, 1.165) is 6.07 Å². The summed E-state index contributed by atoms with van der Waals surface area (Å²) in [6, 6.07) is 4.92. The van der Waals surface area contributed by atoms with Crippen molar-refractivity contribution in [3.8, 4) is 11.3 Å². The van der Waals surface area contributed by atoms with Crippen LogP contribution in [0.5, 0.6) is 0 Å². The number of ether oxygens (including phenoxy) is 1. The van der Waals surface area contributed by atoms with Gasteiger partial charge in [-0.15, -0.1) is 0 Å². The Bertz CT molecular complexity index is 779. The zero-order valence-electron chi connectivity index (χ0n) is 13.0. The smallest absolute Gasteiger partial charge is 0.419 e. The molecule has 1 aromatic carbocycles. The third-order valence-corrected chi connectivity index (χ3v) is 3.69. The monoisotopic (exact) mass is 423 g/mol. The van der Waals surface area contributed by atoms with Gasteiger partial charge < -0.3 is 4.74 Å². The van der Waals surface area contributed by atoms with E-state index in [9.17, 15) is 18.0 Å². The van der Waals surface area contributed by atoms with Gasteiger partial charge in [-0.1, -0.05) is 17.7 Å². The number of carbonyl (C=O) groups is 1. The van der Waals surface area contributed by atoms with Crippen LogP contribution in [-0.2, 0) is 10.9 Å². The van der Waals surface area contributed by atoms with E-state index in [1.165, 1.54) is 22.9 Å². The molecule has 1 heterocycles. The predicted octanol–water partition coefficient (Wildman–Crippen LogP) is 6.37. The molecule has 0 atom stereocenters. The summed E-state index contributed by atoms with van der Waals surface area (Å²) < 4.78 is 45.5. The van der Waals surface area contributed by atoms with Crippen LogP contribution in [0, 0.1) is 0 Å². The molecule has 3 nitrogen and oxygen atoms in total. The van der Waals surface area contributed by atoms with E-state index in [1.807, 2.05) is 0 Å². The maximum atomic E-state index is 12.8. The second-order valence-corrected chi connectivity index (χ2v) is 7.41. The number of hydrogen-bond acceptors (Lipinski definition) is 2. The van der Waals surface area contributed by atoms with Crippen LogP contribution < -0.4 is 0 Å². The number of aromatic nitrogens is 1. The minimum Gasteiger partial charge on any atom is -0.443 e. The van der Waals surface area contributed by atoms with Crippen molar-refractivity contribution in [2.24, 2.45) is 0 Å². The van der Waals surface area contributed by atoms with Crippen LogP contribution >= 0.6 is 27.5 Å². The van der Waals surface area contributed by atoms with E-state index in [4.69, 9.17) is 16.3 Å². The van der Waals surface area contributed by atoms with E-state index < -0.39 is 28.5 Å². The molecule has 0 N–H and O–H groups in total. The lowest BCUT2D eigenvalue weighted by Crippen LogP contribution is -2.27. The molecule has 0 aliphatic heterocycles. The van der Waals surface area contributed by atoms with Crippen molar-refractivity contribution in [2.75, 3.05) is 0 Å². The quantitative estimate of drug-likeness (QED) is 0.532. The first kappa shape index (κ1) is 18.9. The van der Waals surface area contributed by atoms with Gasteiger partial charge in [-0.25, -0.2) is 4.79 Å². The number of halogens is 5. The summed E-state index contributed by atoms with van der Waals surface area (Å²) in [7, 11) is 0. The molecular weight excluding hydrogens is 411 g/mol. The number of carbonyl (C=O) groups excluding carboxylic acids is 1. The molecule has 8 heteroatoms. The van der Waals surface area contributed by atoms with Gasteiger partial charge in [0.2, 0.25) is 0 Å². The first-order valence-electron chi connectivity index (χ1n) is 6.87. The Balaban J connectivity index is 2.47. The van der Waals surface area contributed by atoms with Crippen molar-refractivity contribution in [3.63, 3.8) is 0 Å². The first-order valence-corrected chi connectivity index (χ1v) is 8.04. The second-order valence-electron chi connectivity index (χ2n) is 6.09. The van der Waals surface area contributed by atoms with Crippen LogP contribution in [0.1, 0.15) is 26.3 Å². The lowest BCUT2D eigenvalue weighted by Gasteiger charge is -2.20. The van der Waals surface area contributed by atoms with Gasteiger partial charge in [0.25, 0.3) is 0 Å². The lowest BCUT2D eigenvalue weighted by molar-refractivity contribution is -0.137. The molecule has 1 aromatic heterocycles. The van der Waals surface area contributed by atoms with Crippen LogP contribution in [0.25, 0.3) is 11.3 Å². The molecule has 0 aliphatic rings. The molecule has 24 heavy (non-hydrogen) atoms. The predicted molar refractivity (Wildman–Crippen MR) is 89.2 cm³/mol. The van der Waals surface area contributed by atoms with Crippen LogP contribution in [0.15, 0.2) is 34.9 Å². The van der Waals surface area contributed by atoms with Gasteiger partial charge in [-0.2, -0.15) is 13.2 Å². The van der Waals surface area contributed by atoms with E-state index in [0.29, 0.717) is 15.7 Å². The Labute approximate surface area is 150 Å². The Morgan fingerprint density at radius 2 is 1.83 bits per heavy atom. The molecule has 0 aliphatic carbocycles. The van der Waals surface area contributed by atoms with Gasteiger partial charge >= 0.3 is 12.3 Å². The minimum absolute atomic E-state index is 0.365. The van der Waals surface area contributed by atoms with Crippen LogP contribution in [0.3, 0.4) is 0 Å². The van der Waals surface area contributed by atoms with E-state index in [2.05, 4.69) is 15.9 Å². The van der Waals surface area contributed by atoms with Gasteiger partial charge in [0.1, 0.15) is 5.60 Å². The zero-order chi connectivity index (χ0) is 18.3. The molecule has 0 unspecified atom stereocenters. The first-order chi connectivity index (χ1) is 10.9. The number of nitrogens with zero attached hydrogens (tertiary/aromatic N) is 1. The number of benzene rings is 1. The highest BCUT2D eigenvalue weighted by molar-refractivity contribution is 9.10. The fourth-order valence-electron chi connectivity index (χ4n) is 2.02. The number of alkyl halides is 3. The third-order valence-electron chi connectivity index (χ3n) is 2.95. The van der Waals surface area contributed by atoms with E-state index in [1.54, 1.807) is 26.8 Å². The molecule has 0 spiro atoms. The van der Waals surface area contributed by atoms with Crippen molar-refractivity contribution in [2.45, 2.75) is 32.5 Å². The molecule has 2 aromatic rings. The highest BCUT2D eigenvalue weighted by atomic mass is 79.9. The third kappa shape index (κ3) is 4.33. The van der Waals surface area contributed by atoms with Crippen molar-refractivity contribution >= 4 is 33.6 Å². The summed E-state index contributed by atoms with van der Waals surface area (Å²) in [4.78, 5) is 12.3. The molecule has 0 radical (unpaired) electrons. The fourth-order valence-corrected chi connectivity index (χ4v) is 2.73. The van der Waals surface area contributed by atoms with Crippen molar-refractivity contribution in [1.82, 2.24) is 4.57 Å². The molecule has 2 rings (SSSR count). The highest BCUT2D eigenvalue weighted by Crippen LogP contribution is 2.37. The van der Waals surface area contributed by atoms with E-state index >= 15 is 0 Å². The molecule has 130 valence electrons.